The number of aliphatic imine (C=N–C) groups is 1. The number of ether oxygens (including phenoxy) is 2. The van der Waals surface area contributed by atoms with E-state index in [2.05, 4.69) is 20.9 Å². The van der Waals surface area contributed by atoms with Gasteiger partial charge in [-0.1, -0.05) is 0 Å². The molecule has 2 amide bonds. The predicted octanol–water partition coefficient (Wildman–Crippen LogP) is -3.72. The predicted molar refractivity (Wildman–Crippen MR) is 120 cm³/mol. The molecule has 194 valence electrons. The molecule has 12 N–H and O–H groups in total. The van der Waals surface area contributed by atoms with Crippen molar-refractivity contribution in [1.29, 1.82) is 0 Å². The van der Waals surface area contributed by atoms with Crippen molar-refractivity contribution < 1.29 is 39.2 Å². The molecule has 0 aliphatic carbocycles. The number of guanidine groups is 1. The van der Waals surface area contributed by atoms with Crippen LogP contribution in [0.2, 0.25) is 0 Å². The molecule has 0 spiro atoms. The van der Waals surface area contributed by atoms with Gasteiger partial charge in [0.2, 0.25) is 11.7 Å². The lowest BCUT2D eigenvalue weighted by molar-refractivity contribution is -0.146. The van der Waals surface area contributed by atoms with E-state index in [9.17, 15) is 29.7 Å². The maximum atomic E-state index is 12.3. The Morgan fingerprint density at radius 3 is 2.50 bits per heavy atom. The van der Waals surface area contributed by atoms with Crippen LogP contribution in [0.4, 0.5) is 4.79 Å². The minimum atomic E-state index is -1.69. The largest absolute Gasteiger partial charge is 0.477 e. The Morgan fingerprint density at radius 2 is 1.94 bits per heavy atom. The third kappa shape index (κ3) is 9.78. The molecule has 0 radical (unpaired) electrons. The molecule has 1 heterocycles. The van der Waals surface area contributed by atoms with Crippen LogP contribution >= 0.6 is 0 Å². The maximum Gasteiger partial charge on any atom is 0.407 e. The van der Waals surface area contributed by atoms with Crippen molar-refractivity contribution in [2.45, 2.75) is 50.2 Å². The Kier molecular flexibility index (Phi) is 12.7. The van der Waals surface area contributed by atoms with Crippen molar-refractivity contribution in [2.75, 3.05) is 32.8 Å². The van der Waals surface area contributed by atoms with Crippen LogP contribution in [0.3, 0.4) is 0 Å². The fourth-order valence-electron chi connectivity index (χ4n) is 3.20. The van der Waals surface area contributed by atoms with Crippen LogP contribution in [0.1, 0.15) is 19.8 Å². The van der Waals surface area contributed by atoms with E-state index < -0.39 is 66.7 Å². The van der Waals surface area contributed by atoms with E-state index in [0.29, 0.717) is 19.6 Å². The van der Waals surface area contributed by atoms with Gasteiger partial charge in [0.15, 0.2) is 18.2 Å². The number of carbonyl (C=O) groups excluding carboxylic acids is 2. The molecule has 0 fully saturated rings. The van der Waals surface area contributed by atoms with Crippen molar-refractivity contribution in [3.8, 4) is 0 Å². The first-order chi connectivity index (χ1) is 16.1. The molecule has 5 atom stereocenters. The van der Waals surface area contributed by atoms with Gasteiger partial charge < -0.3 is 57.9 Å². The monoisotopic (exact) mass is 489 g/mol. The lowest BCUT2D eigenvalue weighted by Gasteiger charge is -2.39. The summed E-state index contributed by atoms with van der Waals surface area (Å²) in [5.41, 5.74) is 16.3. The number of aliphatic hydroxyl groups is 2. The van der Waals surface area contributed by atoms with Crippen LogP contribution in [0.15, 0.2) is 16.8 Å². The van der Waals surface area contributed by atoms with E-state index in [1.807, 2.05) is 0 Å². The summed E-state index contributed by atoms with van der Waals surface area (Å²) in [6.07, 6.45) is -2.89. The van der Waals surface area contributed by atoms with Gasteiger partial charge >= 0.3 is 12.1 Å². The fourth-order valence-corrected chi connectivity index (χ4v) is 3.20. The molecule has 0 saturated carbocycles. The number of carboxylic acid groups (broad SMARTS) is 1. The summed E-state index contributed by atoms with van der Waals surface area (Å²) in [4.78, 5) is 39.6. The Hall–Kier alpha value is -3.14. The molecule has 15 heteroatoms. The van der Waals surface area contributed by atoms with Gasteiger partial charge in [-0.15, -0.1) is 0 Å². The summed E-state index contributed by atoms with van der Waals surface area (Å²) < 4.78 is 10.7. The second kappa shape index (κ2) is 14.9. The number of nitrogens with zero attached hydrogens (tertiary/aromatic N) is 1. The number of carbonyl (C=O) groups is 3. The summed E-state index contributed by atoms with van der Waals surface area (Å²) in [7, 11) is 0. The normalized spacial score (nSPS) is 21.3. The lowest BCUT2D eigenvalue weighted by atomic mass is 9.92. The highest BCUT2D eigenvalue weighted by Gasteiger charge is 2.46. The van der Waals surface area contributed by atoms with E-state index in [4.69, 9.17) is 26.7 Å². The quantitative estimate of drug-likeness (QED) is 0.0648. The number of hydrogen-bond acceptors (Lipinski definition) is 10. The van der Waals surface area contributed by atoms with Crippen molar-refractivity contribution in [3.63, 3.8) is 0 Å². The summed E-state index contributed by atoms with van der Waals surface area (Å²) in [5.74, 6) is -3.03. The number of nitrogens with two attached hydrogens (primary N) is 3. The zero-order chi connectivity index (χ0) is 25.7. The average molecular weight is 490 g/mol. The number of rotatable bonds is 14. The Balaban J connectivity index is 3.03. The van der Waals surface area contributed by atoms with Gasteiger partial charge in [-0.05, 0) is 32.0 Å². The number of carboxylic acids is 1. The number of aliphatic hydroxyl groups excluding tert-OH is 2. The first-order valence-corrected chi connectivity index (χ1v) is 10.7. The van der Waals surface area contributed by atoms with Gasteiger partial charge in [0.05, 0.1) is 18.7 Å². The van der Waals surface area contributed by atoms with E-state index in [1.54, 1.807) is 0 Å². The standard InChI is InChI=1S/C19H35N7O8/c1-10(28)25-14-11(26-18(21)22)8-13(17(30)31)33-16(14)15(12(29)9-27)34-19(32)24-7-6-23-5-3-2-4-20/h8,11-12,14-16,23,27,29H,2-7,9,20H2,1H3,(H,24,32)(H,25,28)(H,30,31)(H4,21,22,26)/t11-,12+,14+,15+,16+/m0/s1. The number of alkyl carbamates (subject to hydrolysis) is 1. The number of amides is 2. The molecule has 0 saturated heterocycles. The first kappa shape index (κ1) is 28.9. The molecule has 0 aromatic rings. The van der Waals surface area contributed by atoms with Crippen LogP contribution in [0.5, 0.6) is 0 Å². The molecule has 0 aromatic heterocycles. The van der Waals surface area contributed by atoms with Gasteiger partial charge in [0, 0.05) is 20.0 Å². The van der Waals surface area contributed by atoms with Crippen molar-refractivity contribution >= 4 is 23.9 Å². The van der Waals surface area contributed by atoms with Crippen LogP contribution in [-0.2, 0) is 19.1 Å². The smallest absolute Gasteiger partial charge is 0.407 e. The van der Waals surface area contributed by atoms with Crippen molar-refractivity contribution in [3.05, 3.63) is 11.8 Å². The summed E-state index contributed by atoms with van der Waals surface area (Å²) >= 11 is 0. The molecule has 15 nitrogen and oxygen atoms in total. The SMILES string of the molecule is CC(=O)N[C@H]1[C@H]([C@H](OC(=O)NCCNCCCCN)[C@H](O)CO)OC(C(=O)O)=C[C@@H]1N=C(N)N. The van der Waals surface area contributed by atoms with Gasteiger partial charge in [-0.3, -0.25) is 4.79 Å². The number of unbranched alkanes of at least 4 members (excludes halogenated alkanes) is 1. The molecule has 0 bridgehead atoms. The average Bonchev–Trinajstić information content (AvgIpc) is 2.76. The highest BCUT2D eigenvalue weighted by molar-refractivity contribution is 5.85. The molecule has 1 rings (SSSR count). The van der Waals surface area contributed by atoms with Crippen LogP contribution in [0, 0.1) is 0 Å². The zero-order valence-electron chi connectivity index (χ0n) is 19.0. The minimum Gasteiger partial charge on any atom is -0.477 e. The van der Waals surface area contributed by atoms with E-state index in [-0.39, 0.29) is 6.54 Å². The number of hydrogen-bond donors (Lipinski definition) is 9. The molecule has 0 unspecified atom stereocenters. The van der Waals surface area contributed by atoms with Gasteiger partial charge in [-0.2, -0.15) is 0 Å². The zero-order valence-corrected chi connectivity index (χ0v) is 19.0. The number of nitrogens with one attached hydrogen (secondary N) is 3. The molecule has 34 heavy (non-hydrogen) atoms. The van der Waals surface area contributed by atoms with Gasteiger partial charge in [0.25, 0.3) is 0 Å². The van der Waals surface area contributed by atoms with Gasteiger partial charge in [-0.25, -0.2) is 14.6 Å². The third-order valence-corrected chi connectivity index (χ3v) is 4.70. The molecule has 1 aliphatic heterocycles. The molecule has 0 aromatic carbocycles. The second-order valence-corrected chi connectivity index (χ2v) is 7.48. The highest BCUT2D eigenvalue weighted by atomic mass is 16.6. The second-order valence-electron chi connectivity index (χ2n) is 7.48. The fraction of sp³-hybridized carbons (Fsp3) is 0.684. The van der Waals surface area contributed by atoms with E-state index in [0.717, 1.165) is 18.9 Å². The van der Waals surface area contributed by atoms with Crippen LogP contribution < -0.4 is 33.2 Å². The topological polar surface area (TPSA) is 257 Å². The van der Waals surface area contributed by atoms with E-state index >= 15 is 0 Å². The lowest BCUT2D eigenvalue weighted by Crippen LogP contribution is -2.61. The molecular formula is C19H35N7O8. The van der Waals surface area contributed by atoms with Gasteiger partial charge in [0.1, 0.15) is 6.10 Å². The molecule has 1 aliphatic rings. The van der Waals surface area contributed by atoms with Crippen molar-refractivity contribution in [1.82, 2.24) is 16.0 Å². The Labute approximate surface area is 196 Å². The van der Waals surface area contributed by atoms with Crippen LogP contribution in [-0.4, -0.2) is 102 Å². The molecular weight excluding hydrogens is 454 g/mol. The van der Waals surface area contributed by atoms with Crippen LogP contribution in [0.25, 0.3) is 0 Å². The van der Waals surface area contributed by atoms with E-state index in [1.165, 1.54) is 6.92 Å². The summed E-state index contributed by atoms with van der Waals surface area (Å²) in [5, 5.41) is 37.3. The maximum absolute atomic E-state index is 12.3. The van der Waals surface area contributed by atoms with Crippen molar-refractivity contribution in [2.24, 2.45) is 22.2 Å². The third-order valence-electron chi connectivity index (χ3n) is 4.70. The summed E-state index contributed by atoms with van der Waals surface area (Å²) in [6.45, 7) is 2.25. The first-order valence-electron chi connectivity index (χ1n) is 10.7. The minimum absolute atomic E-state index is 0.181. The number of aliphatic carboxylic acids is 1. The Morgan fingerprint density at radius 1 is 1.24 bits per heavy atom. The highest BCUT2D eigenvalue weighted by Crippen LogP contribution is 2.26. The summed E-state index contributed by atoms with van der Waals surface area (Å²) in [6, 6.07) is -2.28. The Bertz CT molecular complexity index is 744.